The zero-order chi connectivity index (χ0) is 19.3. The van der Waals surface area contributed by atoms with Crippen LogP contribution in [0.1, 0.15) is 10.4 Å². The molecule has 1 fully saturated rings. The average molecular weight is 377 g/mol. The van der Waals surface area contributed by atoms with Crippen LogP contribution in [-0.2, 0) is 9.47 Å². The highest BCUT2D eigenvalue weighted by Gasteiger charge is 2.20. The molecular weight excluding hydrogens is 354 g/mol. The molecule has 28 heavy (non-hydrogen) atoms. The molecule has 144 valence electrons. The van der Waals surface area contributed by atoms with Crippen LogP contribution in [-0.4, -0.2) is 60.3 Å². The predicted octanol–water partition coefficient (Wildman–Crippen LogP) is 3.23. The third kappa shape index (κ3) is 3.98. The molecule has 1 aliphatic heterocycles. The lowest BCUT2D eigenvalue weighted by Crippen LogP contribution is -2.40. The molecule has 3 aromatic rings. The van der Waals surface area contributed by atoms with Crippen LogP contribution in [0.15, 0.2) is 60.9 Å². The Bertz CT molecular complexity index is 916. The Morgan fingerprint density at radius 3 is 2.61 bits per heavy atom. The normalized spacial score (nSPS) is 16.7. The topological polar surface area (TPSA) is 67.5 Å². The number of H-pyrrole nitrogens is 1. The van der Waals surface area contributed by atoms with Gasteiger partial charge in [-0.15, -0.1) is 0 Å². The molecule has 1 aromatic heterocycles. The van der Waals surface area contributed by atoms with E-state index in [9.17, 15) is 4.79 Å². The number of hydrogen-bond donors (Lipinski definition) is 1. The van der Waals surface area contributed by atoms with Crippen molar-refractivity contribution >= 4 is 5.91 Å². The molecule has 1 unspecified atom stereocenters. The minimum atomic E-state index is -0.0691. The van der Waals surface area contributed by atoms with Gasteiger partial charge in [-0.3, -0.25) is 4.79 Å². The molecule has 4 rings (SSSR count). The van der Waals surface area contributed by atoms with E-state index < -0.39 is 0 Å². The summed E-state index contributed by atoms with van der Waals surface area (Å²) >= 11 is 0. The van der Waals surface area contributed by atoms with Crippen molar-refractivity contribution in [1.82, 2.24) is 14.9 Å². The fourth-order valence-electron chi connectivity index (χ4n) is 3.36. The first-order valence-electron chi connectivity index (χ1n) is 9.36. The van der Waals surface area contributed by atoms with Crippen molar-refractivity contribution in [3.05, 3.63) is 66.5 Å². The maximum atomic E-state index is 12.7. The molecular formula is C22H23N3O3. The fraction of sp³-hybridized carbons (Fsp3) is 0.273. The SMILES string of the molecule is CN(CC1COCCO1)C(=O)c1ccc(-c2[nH]cnc2-c2ccccc2)cc1. The van der Waals surface area contributed by atoms with Gasteiger partial charge in [0.15, 0.2) is 0 Å². The van der Waals surface area contributed by atoms with Gasteiger partial charge in [0, 0.05) is 30.3 Å². The largest absolute Gasteiger partial charge is 0.376 e. The summed E-state index contributed by atoms with van der Waals surface area (Å²) in [6, 6.07) is 17.6. The predicted molar refractivity (Wildman–Crippen MR) is 107 cm³/mol. The molecule has 6 nitrogen and oxygen atoms in total. The van der Waals surface area contributed by atoms with Gasteiger partial charge < -0.3 is 19.4 Å². The number of aromatic amines is 1. The van der Waals surface area contributed by atoms with Crippen molar-refractivity contribution in [2.75, 3.05) is 33.4 Å². The van der Waals surface area contributed by atoms with Crippen LogP contribution >= 0.6 is 0 Å². The van der Waals surface area contributed by atoms with Crippen LogP contribution in [0.3, 0.4) is 0 Å². The third-order valence-corrected chi connectivity index (χ3v) is 4.82. The number of hydrogen-bond acceptors (Lipinski definition) is 4. The van der Waals surface area contributed by atoms with E-state index in [0.29, 0.717) is 31.9 Å². The van der Waals surface area contributed by atoms with E-state index in [4.69, 9.17) is 9.47 Å². The minimum absolute atomic E-state index is 0.0337. The van der Waals surface area contributed by atoms with Gasteiger partial charge in [0.1, 0.15) is 0 Å². The molecule has 0 saturated carbocycles. The quantitative estimate of drug-likeness (QED) is 0.741. The summed E-state index contributed by atoms with van der Waals surface area (Å²) in [5, 5.41) is 0. The first-order valence-corrected chi connectivity index (χ1v) is 9.36. The van der Waals surface area contributed by atoms with Crippen molar-refractivity contribution in [2.45, 2.75) is 6.10 Å². The summed E-state index contributed by atoms with van der Waals surface area (Å²) in [4.78, 5) is 22.1. The molecule has 1 saturated heterocycles. The van der Waals surface area contributed by atoms with Gasteiger partial charge in [-0.2, -0.15) is 0 Å². The van der Waals surface area contributed by atoms with Gasteiger partial charge in [0.25, 0.3) is 5.91 Å². The second-order valence-corrected chi connectivity index (χ2v) is 6.82. The van der Waals surface area contributed by atoms with Crippen molar-refractivity contribution in [2.24, 2.45) is 0 Å². The standard InChI is InChI=1S/C22H23N3O3/c1-25(13-19-14-27-11-12-28-19)22(26)18-9-7-17(8-10-18)21-20(23-15-24-21)16-5-3-2-4-6-16/h2-10,15,19H,11-14H2,1H3,(H,23,24). The monoisotopic (exact) mass is 377 g/mol. The Balaban J connectivity index is 1.48. The maximum Gasteiger partial charge on any atom is 0.253 e. The number of amides is 1. The molecule has 2 aromatic carbocycles. The van der Waals surface area contributed by atoms with Gasteiger partial charge >= 0.3 is 0 Å². The Kier molecular flexibility index (Phi) is 5.50. The molecule has 0 radical (unpaired) electrons. The van der Waals surface area contributed by atoms with Crippen LogP contribution in [0, 0.1) is 0 Å². The van der Waals surface area contributed by atoms with E-state index in [1.54, 1.807) is 18.3 Å². The van der Waals surface area contributed by atoms with Crippen LogP contribution in [0.4, 0.5) is 0 Å². The van der Waals surface area contributed by atoms with Crippen LogP contribution in [0.5, 0.6) is 0 Å². The molecule has 0 aliphatic carbocycles. The molecule has 2 heterocycles. The van der Waals surface area contributed by atoms with Crippen molar-refractivity contribution in [3.63, 3.8) is 0 Å². The number of aromatic nitrogens is 2. The summed E-state index contributed by atoms with van der Waals surface area (Å²) in [6.07, 6.45) is 1.62. The number of benzene rings is 2. The number of imidazole rings is 1. The number of likely N-dealkylation sites (N-methyl/N-ethyl adjacent to an activating group) is 1. The Hall–Kier alpha value is -2.96. The molecule has 1 aliphatic rings. The third-order valence-electron chi connectivity index (χ3n) is 4.82. The highest BCUT2D eigenvalue weighted by atomic mass is 16.6. The zero-order valence-electron chi connectivity index (χ0n) is 15.8. The van der Waals surface area contributed by atoms with Gasteiger partial charge in [-0.05, 0) is 12.1 Å². The number of carbonyl (C=O) groups is 1. The smallest absolute Gasteiger partial charge is 0.253 e. The van der Waals surface area contributed by atoms with E-state index in [1.807, 2.05) is 54.6 Å². The van der Waals surface area contributed by atoms with Crippen molar-refractivity contribution < 1.29 is 14.3 Å². The first kappa shape index (κ1) is 18.4. The second kappa shape index (κ2) is 8.37. The second-order valence-electron chi connectivity index (χ2n) is 6.82. The van der Waals surface area contributed by atoms with E-state index in [-0.39, 0.29) is 12.0 Å². The number of carbonyl (C=O) groups excluding carboxylic acids is 1. The number of nitrogens with one attached hydrogen (secondary N) is 1. The Labute approximate surface area is 164 Å². The summed E-state index contributed by atoms with van der Waals surface area (Å²) in [7, 11) is 1.79. The Morgan fingerprint density at radius 2 is 1.89 bits per heavy atom. The summed E-state index contributed by atoms with van der Waals surface area (Å²) in [5.41, 5.74) is 4.51. The molecule has 0 spiro atoms. The number of ether oxygens (including phenoxy) is 2. The van der Waals surface area contributed by atoms with Gasteiger partial charge in [-0.1, -0.05) is 42.5 Å². The zero-order valence-corrected chi connectivity index (χ0v) is 15.8. The van der Waals surface area contributed by atoms with Crippen molar-refractivity contribution in [1.29, 1.82) is 0 Å². The first-order chi connectivity index (χ1) is 13.7. The molecule has 1 N–H and O–H groups in total. The lowest BCUT2D eigenvalue weighted by molar-refractivity contribution is -0.0933. The molecule has 6 heteroatoms. The lowest BCUT2D eigenvalue weighted by Gasteiger charge is -2.27. The van der Waals surface area contributed by atoms with Crippen LogP contribution in [0.2, 0.25) is 0 Å². The highest BCUT2D eigenvalue weighted by Crippen LogP contribution is 2.29. The number of nitrogens with zero attached hydrogens (tertiary/aromatic N) is 2. The number of rotatable bonds is 5. The van der Waals surface area contributed by atoms with Crippen molar-refractivity contribution in [3.8, 4) is 22.5 Å². The highest BCUT2D eigenvalue weighted by molar-refractivity contribution is 5.94. The minimum Gasteiger partial charge on any atom is -0.376 e. The Morgan fingerprint density at radius 1 is 1.11 bits per heavy atom. The average Bonchev–Trinajstić information content (AvgIpc) is 3.24. The van der Waals surface area contributed by atoms with E-state index >= 15 is 0 Å². The lowest BCUT2D eigenvalue weighted by atomic mass is 10.0. The van der Waals surface area contributed by atoms with Crippen LogP contribution in [0.25, 0.3) is 22.5 Å². The van der Waals surface area contributed by atoms with Gasteiger partial charge in [0.2, 0.25) is 0 Å². The fourth-order valence-corrected chi connectivity index (χ4v) is 3.36. The maximum absolute atomic E-state index is 12.7. The van der Waals surface area contributed by atoms with Crippen LogP contribution < -0.4 is 0 Å². The summed E-state index contributed by atoms with van der Waals surface area (Å²) in [6.45, 7) is 2.24. The van der Waals surface area contributed by atoms with E-state index in [0.717, 1.165) is 22.5 Å². The van der Waals surface area contributed by atoms with Gasteiger partial charge in [-0.25, -0.2) is 4.98 Å². The molecule has 1 amide bonds. The summed E-state index contributed by atoms with van der Waals surface area (Å²) in [5.74, 6) is -0.0337. The van der Waals surface area contributed by atoms with E-state index in [1.165, 1.54) is 0 Å². The van der Waals surface area contributed by atoms with E-state index in [2.05, 4.69) is 9.97 Å². The molecule has 0 bridgehead atoms. The van der Waals surface area contributed by atoms with Gasteiger partial charge in [0.05, 0.1) is 43.6 Å². The molecule has 1 atom stereocenters. The summed E-state index contributed by atoms with van der Waals surface area (Å²) < 4.78 is 11.0.